The fourth-order valence-corrected chi connectivity index (χ4v) is 9.46. The predicted molar refractivity (Wildman–Crippen MR) is 203 cm³/mol. The molecule has 0 bridgehead atoms. The number of fused-ring (bicyclic) bond motifs is 5. The van der Waals surface area contributed by atoms with E-state index in [1.165, 1.54) is 12.1 Å². The minimum atomic E-state index is -5.17. The van der Waals surface area contributed by atoms with Gasteiger partial charge in [0.25, 0.3) is 32.1 Å². The van der Waals surface area contributed by atoms with Crippen molar-refractivity contribution < 1.29 is 53.4 Å². The summed E-state index contributed by atoms with van der Waals surface area (Å²) >= 11 is 0. The standard InChI is InChI=1S/C38H30N2O12S3/c1-3-51-31-15-23-11-7-5-9-21(23)13-27(31)37(41)39-29-19-33-25(17-35(29)54(45,46)47)26-18-36(55(48,49)50)30(20-34(26)53(33,43)44)40-38(42)28-14-22-10-6-8-12-24(22)16-32(28)52-4-2/h5-20H,3-4H2,1-2H3,(H,39,41)(H,40,42)(H,45,46,47)(H,48,49,50). The van der Waals surface area contributed by atoms with Crippen molar-refractivity contribution in [3.8, 4) is 22.6 Å². The summed E-state index contributed by atoms with van der Waals surface area (Å²) in [6, 6.07) is 23.6. The van der Waals surface area contributed by atoms with Gasteiger partial charge in [-0.25, -0.2) is 8.42 Å². The van der Waals surface area contributed by atoms with E-state index in [4.69, 9.17) is 9.47 Å². The number of carbonyl (C=O) groups excluding carboxylic acids is 2. The van der Waals surface area contributed by atoms with E-state index in [-0.39, 0.29) is 47.0 Å². The quantitative estimate of drug-likeness (QED) is 0.108. The SMILES string of the molecule is CCOc1cc2ccccc2cc1C(=O)Nc1cc2c(cc1S(=O)(=O)O)-c1cc(S(=O)(=O)O)c(NC(=O)c3cc4ccccc4cc3OCC)cc1S2(=O)=O. The van der Waals surface area contributed by atoms with Gasteiger partial charge < -0.3 is 20.1 Å². The number of benzene rings is 6. The Bertz CT molecular complexity index is 2770. The molecule has 0 atom stereocenters. The van der Waals surface area contributed by atoms with Gasteiger partial charge in [-0.1, -0.05) is 48.5 Å². The van der Waals surface area contributed by atoms with Crippen LogP contribution in [0.2, 0.25) is 0 Å². The van der Waals surface area contributed by atoms with Gasteiger partial charge in [0.15, 0.2) is 0 Å². The number of hydrogen-bond donors (Lipinski definition) is 4. The maximum Gasteiger partial charge on any atom is 0.296 e. The third-order valence-corrected chi connectivity index (χ3v) is 12.5. The first-order chi connectivity index (χ1) is 26.0. The Morgan fingerprint density at radius 1 is 0.582 bits per heavy atom. The Labute approximate surface area is 315 Å². The number of ether oxygens (including phenoxy) is 2. The highest BCUT2D eigenvalue weighted by Gasteiger charge is 2.38. The fourth-order valence-electron chi connectivity index (χ4n) is 6.45. The van der Waals surface area contributed by atoms with Crippen LogP contribution in [0.15, 0.2) is 117 Å². The molecule has 0 saturated heterocycles. The highest BCUT2D eigenvalue weighted by molar-refractivity contribution is 7.92. The molecule has 1 aliphatic rings. The largest absolute Gasteiger partial charge is 0.493 e. The summed E-state index contributed by atoms with van der Waals surface area (Å²) < 4.78 is 111. The number of sulfone groups is 1. The van der Waals surface area contributed by atoms with Gasteiger partial charge in [-0.05, 0) is 83.9 Å². The molecule has 0 fully saturated rings. The molecule has 1 aliphatic heterocycles. The third-order valence-electron chi connectivity index (χ3n) is 8.87. The predicted octanol–water partition coefficient (Wildman–Crippen LogP) is 6.60. The normalized spacial score (nSPS) is 13.2. The summed E-state index contributed by atoms with van der Waals surface area (Å²) in [5.41, 5.74) is -1.99. The molecule has 0 aromatic heterocycles. The smallest absolute Gasteiger partial charge is 0.296 e. The third kappa shape index (κ3) is 6.87. The number of rotatable bonds is 10. The molecule has 17 heteroatoms. The van der Waals surface area contributed by atoms with Crippen LogP contribution in [0, 0.1) is 0 Å². The molecule has 0 unspecified atom stereocenters. The summed E-state index contributed by atoms with van der Waals surface area (Å²) in [4.78, 5) is 24.5. The summed E-state index contributed by atoms with van der Waals surface area (Å²) in [6.45, 7) is 3.74. The lowest BCUT2D eigenvalue weighted by molar-refractivity contribution is 0.101. The van der Waals surface area contributed by atoms with E-state index < -0.39 is 72.8 Å². The van der Waals surface area contributed by atoms with Crippen LogP contribution in [0.3, 0.4) is 0 Å². The van der Waals surface area contributed by atoms with Crippen molar-refractivity contribution >= 4 is 74.8 Å². The lowest BCUT2D eigenvalue weighted by Gasteiger charge is -2.15. The molecule has 6 aromatic rings. The average Bonchev–Trinajstić information content (AvgIpc) is 3.34. The van der Waals surface area contributed by atoms with Crippen LogP contribution in [0.4, 0.5) is 11.4 Å². The van der Waals surface area contributed by atoms with Crippen molar-refractivity contribution in [2.75, 3.05) is 23.8 Å². The molecule has 7 rings (SSSR count). The summed E-state index contributed by atoms with van der Waals surface area (Å²) in [6.07, 6.45) is 0. The van der Waals surface area contributed by atoms with Crippen LogP contribution < -0.4 is 20.1 Å². The molecular weight excluding hydrogens is 773 g/mol. The monoisotopic (exact) mass is 802 g/mol. The van der Waals surface area contributed by atoms with Crippen LogP contribution in [0.25, 0.3) is 32.7 Å². The first-order valence-corrected chi connectivity index (χ1v) is 20.9. The first kappa shape index (κ1) is 37.5. The molecule has 2 amide bonds. The van der Waals surface area contributed by atoms with Crippen LogP contribution >= 0.6 is 0 Å². The zero-order chi connectivity index (χ0) is 39.4. The van der Waals surface area contributed by atoms with Crippen molar-refractivity contribution in [3.63, 3.8) is 0 Å². The molecule has 6 aromatic carbocycles. The van der Waals surface area contributed by atoms with Crippen LogP contribution in [0.1, 0.15) is 34.6 Å². The van der Waals surface area contributed by atoms with E-state index in [0.29, 0.717) is 10.8 Å². The second kappa shape index (κ2) is 13.8. The molecular formula is C38H30N2O12S3. The van der Waals surface area contributed by atoms with Crippen LogP contribution in [0.5, 0.6) is 11.5 Å². The van der Waals surface area contributed by atoms with E-state index >= 15 is 0 Å². The Morgan fingerprint density at radius 2 is 0.927 bits per heavy atom. The lowest BCUT2D eigenvalue weighted by Crippen LogP contribution is -2.17. The van der Waals surface area contributed by atoms with Crippen molar-refractivity contribution in [1.29, 1.82) is 0 Å². The molecule has 0 saturated carbocycles. The van der Waals surface area contributed by atoms with E-state index in [0.717, 1.165) is 35.0 Å². The van der Waals surface area contributed by atoms with Crippen LogP contribution in [-0.4, -0.2) is 59.4 Å². The van der Waals surface area contributed by atoms with Crippen LogP contribution in [-0.2, 0) is 30.1 Å². The van der Waals surface area contributed by atoms with E-state index in [1.807, 2.05) is 0 Å². The summed E-state index contributed by atoms with van der Waals surface area (Å²) in [7, 11) is -15.0. The number of amides is 2. The Kier molecular flexibility index (Phi) is 9.38. The second-order valence-electron chi connectivity index (χ2n) is 12.3. The number of anilines is 2. The van der Waals surface area contributed by atoms with Crippen molar-refractivity contribution in [1.82, 2.24) is 0 Å². The van der Waals surface area contributed by atoms with Gasteiger partial charge in [-0.2, -0.15) is 16.8 Å². The van der Waals surface area contributed by atoms with E-state index in [1.54, 1.807) is 74.5 Å². The second-order valence-corrected chi connectivity index (χ2v) is 17.0. The molecule has 55 heavy (non-hydrogen) atoms. The molecule has 0 spiro atoms. The van der Waals surface area contributed by atoms with E-state index in [2.05, 4.69) is 10.6 Å². The van der Waals surface area contributed by atoms with Gasteiger partial charge in [-0.15, -0.1) is 0 Å². The zero-order valence-electron chi connectivity index (χ0n) is 28.9. The van der Waals surface area contributed by atoms with Gasteiger partial charge in [0.1, 0.15) is 21.3 Å². The van der Waals surface area contributed by atoms with Gasteiger partial charge in [0.05, 0.1) is 45.5 Å². The maximum atomic E-state index is 14.1. The zero-order valence-corrected chi connectivity index (χ0v) is 31.3. The Balaban J connectivity index is 1.34. The highest BCUT2D eigenvalue weighted by Crippen LogP contribution is 2.48. The van der Waals surface area contributed by atoms with Gasteiger partial charge in [-0.3, -0.25) is 18.7 Å². The number of nitrogens with one attached hydrogen (secondary N) is 2. The van der Waals surface area contributed by atoms with Crippen molar-refractivity contribution in [2.24, 2.45) is 0 Å². The minimum absolute atomic E-state index is 0.0226. The summed E-state index contributed by atoms with van der Waals surface area (Å²) in [5, 5.41) is 7.54. The molecule has 4 N–H and O–H groups in total. The molecule has 0 aliphatic carbocycles. The maximum absolute atomic E-state index is 14.1. The van der Waals surface area contributed by atoms with Crippen molar-refractivity contribution in [3.05, 3.63) is 108 Å². The van der Waals surface area contributed by atoms with E-state index in [9.17, 15) is 43.9 Å². The van der Waals surface area contributed by atoms with Crippen molar-refractivity contribution in [2.45, 2.75) is 33.4 Å². The topological polar surface area (TPSA) is 220 Å². The average molecular weight is 803 g/mol. The number of hydrogen-bond acceptors (Lipinski definition) is 10. The molecule has 282 valence electrons. The summed E-state index contributed by atoms with van der Waals surface area (Å²) in [5.74, 6) is -1.49. The fraction of sp³-hybridized carbons (Fsp3) is 0.105. The minimum Gasteiger partial charge on any atom is -0.493 e. The van der Waals surface area contributed by atoms with Gasteiger partial charge >= 0.3 is 0 Å². The molecule has 0 radical (unpaired) electrons. The number of carbonyl (C=O) groups is 2. The first-order valence-electron chi connectivity index (χ1n) is 16.5. The molecule has 14 nitrogen and oxygen atoms in total. The highest BCUT2D eigenvalue weighted by atomic mass is 32.2. The van der Waals surface area contributed by atoms with Gasteiger partial charge in [0.2, 0.25) is 9.84 Å². The molecule has 1 heterocycles. The van der Waals surface area contributed by atoms with Gasteiger partial charge in [0, 0.05) is 11.1 Å². The Hall–Kier alpha value is -5.85. The Morgan fingerprint density at radius 3 is 1.25 bits per heavy atom. The lowest BCUT2D eigenvalue weighted by atomic mass is 10.0.